The SMILES string of the molecule is CC1CC(C)CN(C(=O)c2ccccc2NC(=O)Cn2cnc3ccc(Br)cc3c2=O)C1. The maximum Gasteiger partial charge on any atom is 0.261 e. The standard InChI is InChI=1S/C24H25BrN4O3/c1-15-9-16(2)12-28(11-15)23(31)18-5-3-4-6-21(18)27-22(30)13-29-14-26-20-8-7-17(25)10-19(20)24(29)32/h3-8,10,14-16H,9,11-13H2,1-2H3,(H,27,30). The van der Waals surface area contributed by atoms with E-state index < -0.39 is 5.91 Å². The number of amides is 2. The monoisotopic (exact) mass is 496 g/mol. The quantitative estimate of drug-likeness (QED) is 0.593. The number of carbonyl (C=O) groups excluding carboxylic acids is 2. The Labute approximate surface area is 194 Å². The number of nitrogens with one attached hydrogen (secondary N) is 1. The van der Waals surface area contributed by atoms with Crippen LogP contribution in [0.5, 0.6) is 0 Å². The topological polar surface area (TPSA) is 84.3 Å². The number of hydrogen-bond acceptors (Lipinski definition) is 4. The summed E-state index contributed by atoms with van der Waals surface area (Å²) in [6.45, 7) is 5.52. The van der Waals surface area contributed by atoms with E-state index in [-0.39, 0.29) is 18.0 Å². The van der Waals surface area contributed by atoms with Gasteiger partial charge in [-0.25, -0.2) is 4.98 Å². The van der Waals surface area contributed by atoms with Gasteiger partial charge in [-0.05, 0) is 48.6 Å². The third-order valence-electron chi connectivity index (χ3n) is 5.69. The molecule has 7 nitrogen and oxygen atoms in total. The van der Waals surface area contributed by atoms with Crippen molar-refractivity contribution in [3.63, 3.8) is 0 Å². The van der Waals surface area contributed by atoms with Crippen molar-refractivity contribution in [1.82, 2.24) is 14.5 Å². The van der Waals surface area contributed by atoms with Gasteiger partial charge in [-0.3, -0.25) is 19.0 Å². The van der Waals surface area contributed by atoms with Gasteiger partial charge in [0, 0.05) is 17.6 Å². The number of aromatic nitrogens is 2. The summed E-state index contributed by atoms with van der Waals surface area (Å²) in [5.41, 5.74) is 1.16. The van der Waals surface area contributed by atoms with Crippen molar-refractivity contribution in [2.45, 2.75) is 26.8 Å². The molecule has 1 aliphatic heterocycles. The molecule has 2 atom stereocenters. The predicted octanol–water partition coefficient (Wildman–Crippen LogP) is 3.92. The number of nitrogens with zero attached hydrogens (tertiary/aromatic N) is 3. The Hall–Kier alpha value is -3.00. The lowest BCUT2D eigenvalue weighted by molar-refractivity contribution is -0.116. The maximum atomic E-state index is 13.2. The van der Waals surface area contributed by atoms with Crippen molar-refractivity contribution in [1.29, 1.82) is 0 Å². The van der Waals surface area contributed by atoms with Gasteiger partial charge in [-0.1, -0.05) is 41.9 Å². The average molecular weight is 497 g/mol. The molecule has 2 heterocycles. The fraction of sp³-hybridized carbons (Fsp3) is 0.333. The number of hydrogen-bond donors (Lipinski definition) is 1. The lowest BCUT2D eigenvalue weighted by Crippen LogP contribution is -2.42. The average Bonchev–Trinajstić information content (AvgIpc) is 2.75. The second-order valence-corrected chi connectivity index (χ2v) is 9.50. The molecule has 2 unspecified atom stereocenters. The van der Waals surface area contributed by atoms with E-state index in [0.29, 0.717) is 47.1 Å². The highest BCUT2D eigenvalue weighted by molar-refractivity contribution is 9.10. The molecule has 8 heteroatoms. The fourth-order valence-corrected chi connectivity index (χ4v) is 4.73. The molecule has 0 radical (unpaired) electrons. The van der Waals surface area contributed by atoms with Crippen LogP contribution in [-0.2, 0) is 11.3 Å². The number of piperidine rings is 1. The van der Waals surface area contributed by atoms with Gasteiger partial charge >= 0.3 is 0 Å². The van der Waals surface area contributed by atoms with Gasteiger partial charge in [-0.15, -0.1) is 0 Å². The Kier molecular flexibility index (Phi) is 6.41. The summed E-state index contributed by atoms with van der Waals surface area (Å²) in [4.78, 5) is 44.8. The van der Waals surface area contributed by atoms with E-state index in [0.717, 1.165) is 10.9 Å². The Bertz CT molecular complexity index is 1230. The molecule has 1 fully saturated rings. The molecule has 166 valence electrons. The van der Waals surface area contributed by atoms with Gasteiger partial charge < -0.3 is 10.2 Å². The smallest absolute Gasteiger partial charge is 0.261 e. The van der Waals surface area contributed by atoms with E-state index in [1.807, 2.05) is 11.0 Å². The lowest BCUT2D eigenvalue weighted by atomic mass is 9.91. The normalized spacial score (nSPS) is 18.5. The first-order chi connectivity index (χ1) is 15.3. The Morgan fingerprint density at radius 3 is 2.59 bits per heavy atom. The van der Waals surface area contributed by atoms with Crippen molar-refractivity contribution < 1.29 is 9.59 Å². The van der Waals surface area contributed by atoms with E-state index in [1.54, 1.807) is 36.4 Å². The van der Waals surface area contributed by atoms with Crippen LogP contribution in [0.15, 0.2) is 58.1 Å². The summed E-state index contributed by atoms with van der Waals surface area (Å²) < 4.78 is 2.03. The maximum absolute atomic E-state index is 13.2. The van der Waals surface area contributed by atoms with E-state index in [1.165, 1.54) is 10.9 Å². The molecule has 2 amide bonds. The van der Waals surface area contributed by atoms with Crippen molar-refractivity contribution >= 4 is 44.3 Å². The first-order valence-electron chi connectivity index (χ1n) is 10.6. The van der Waals surface area contributed by atoms with Crippen LogP contribution in [0.1, 0.15) is 30.6 Å². The molecular formula is C24H25BrN4O3. The molecule has 0 bridgehead atoms. The zero-order chi connectivity index (χ0) is 22.8. The number of carbonyl (C=O) groups is 2. The number of benzene rings is 2. The molecule has 1 aliphatic rings. The number of fused-ring (bicyclic) bond motifs is 1. The van der Waals surface area contributed by atoms with Crippen molar-refractivity contribution in [3.8, 4) is 0 Å². The lowest BCUT2D eigenvalue weighted by Gasteiger charge is -2.35. The highest BCUT2D eigenvalue weighted by Crippen LogP contribution is 2.25. The molecule has 32 heavy (non-hydrogen) atoms. The molecule has 0 aliphatic carbocycles. The predicted molar refractivity (Wildman–Crippen MR) is 128 cm³/mol. The number of rotatable bonds is 4. The molecule has 4 rings (SSSR count). The van der Waals surface area contributed by atoms with Crippen LogP contribution in [0.25, 0.3) is 10.9 Å². The van der Waals surface area contributed by atoms with Crippen molar-refractivity contribution in [3.05, 3.63) is 69.2 Å². The van der Waals surface area contributed by atoms with Crippen LogP contribution in [0, 0.1) is 11.8 Å². The molecule has 0 spiro atoms. The molecular weight excluding hydrogens is 472 g/mol. The molecule has 1 aromatic heterocycles. The minimum atomic E-state index is -0.399. The Morgan fingerprint density at radius 1 is 1.12 bits per heavy atom. The van der Waals surface area contributed by atoms with Crippen LogP contribution in [0.2, 0.25) is 0 Å². The van der Waals surface area contributed by atoms with Crippen LogP contribution >= 0.6 is 15.9 Å². The second-order valence-electron chi connectivity index (χ2n) is 8.59. The van der Waals surface area contributed by atoms with Gasteiger partial charge in [0.2, 0.25) is 5.91 Å². The van der Waals surface area contributed by atoms with E-state index in [2.05, 4.69) is 40.1 Å². The van der Waals surface area contributed by atoms with Crippen LogP contribution < -0.4 is 10.9 Å². The first kappa shape index (κ1) is 22.2. The third-order valence-corrected chi connectivity index (χ3v) is 6.18. The second kappa shape index (κ2) is 9.24. The van der Waals surface area contributed by atoms with Gasteiger partial charge in [0.25, 0.3) is 11.5 Å². The van der Waals surface area contributed by atoms with Crippen molar-refractivity contribution in [2.75, 3.05) is 18.4 Å². The number of likely N-dealkylation sites (tertiary alicyclic amines) is 1. The number of anilines is 1. The summed E-state index contributed by atoms with van der Waals surface area (Å²) in [5, 5.41) is 3.23. The molecule has 1 N–H and O–H groups in total. The van der Waals surface area contributed by atoms with E-state index in [9.17, 15) is 14.4 Å². The van der Waals surface area contributed by atoms with Gasteiger partial charge in [-0.2, -0.15) is 0 Å². The van der Waals surface area contributed by atoms with Crippen LogP contribution in [0.3, 0.4) is 0 Å². The zero-order valence-electron chi connectivity index (χ0n) is 18.0. The van der Waals surface area contributed by atoms with Gasteiger partial charge in [0.15, 0.2) is 0 Å². The minimum absolute atomic E-state index is 0.0892. The summed E-state index contributed by atoms with van der Waals surface area (Å²) in [5.74, 6) is 0.395. The molecule has 1 saturated heterocycles. The zero-order valence-corrected chi connectivity index (χ0v) is 19.6. The molecule has 2 aromatic carbocycles. The molecule has 0 saturated carbocycles. The summed E-state index contributed by atoms with van der Waals surface area (Å²) in [7, 11) is 0. The van der Waals surface area contributed by atoms with Crippen molar-refractivity contribution in [2.24, 2.45) is 11.8 Å². The van der Waals surface area contributed by atoms with Crippen LogP contribution in [0.4, 0.5) is 5.69 Å². The van der Waals surface area contributed by atoms with Gasteiger partial charge in [0.05, 0.1) is 28.5 Å². The highest BCUT2D eigenvalue weighted by Gasteiger charge is 2.27. The number of para-hydroxylation sites is 1. The van der Waals surface area contributed by atoms with Crippen LogP contribution in [-0.4, -0.2) is 39.4 Å². The summed E-state index contributed by atoms with van der Waals surface area (Å²) >= 11 is 3.36. The van der Waals surface area contributed by atoms with E-state index >= 15 is 0 Å². The first-order valence-corrected chi connectivity index (χ1v) is 11.4. The Morgan fingerprint density at radius 2 is 1.84 bits per heavy atom. The summed E-state index contributed by atoms with van der Waals surface area (Å²) in [6.07, 6.45) is 2.47. The van der Waals surface area contributed by atoms with E-state index in [4.69, 9.17) is 0 Å². The Balaban J connectivity index is 1.53. The molecule has 3 aromatic rings. The fourth-order valence-electron chi connectivity index (χ4n) is 4.37. The summed E-state index contributed by atoms with van der Waals surface area (Å²) in [6, 6.07) is 12.2. The van der Waals surface area contributed by atoms with Gasteiger partial charge in [0.1, 0.15) is 6.54 Å². The minimum Gasteiger partial charge on any atom is -0.338 e. The largest absolute Gasteiger partial charge is 0.338 e. The highest BCUT2D eigenvalue weighted by atomic mass is 79.9. The number of halogens is 1. The third kappa shape index (κ3) is 4.75.